The van der Waals surface area contributed by atoms with Crippen molar-refractivity contribution in [3.05, 3.63) is 11.8 Å². The highest BCUT2D eigenvalue weighted by molar-refractivity contribution is 6.01. The molecule has 0 saturated carbocycles. The summed E-state index contributed by atoms with van der Waals surface area (Å²) in [6, 6.07) is 0. The van der Waals surface area contributed by atoms with Gasteiger partial charge in [-0.15, -0.1) is 5.06 Å². The van der Waals surface area contributed by atoms with E-state index in [2.05, 4.69) is 31.7 Å². The van der Waals surface area contributed by atoms with Crippen molar-refractivity contribution in [2.24, 2.45) is 0 Å². The van der Waals surface area contributed by atoms with E-state index in [1.807, 2.05) is 0 Å². The molecular weight excluding hydrogens is 308 g/mol. The SMILES string of the molecule is CC/C=C(\CC)N(CC)CCCCCC(=O)ON1C(=O)CCC1=O. The van der Waals surface area contributed by atoms with Crippen molar-refractivity contribution in [2.75, 3.05) is 13.1 Å². The lowest BCUT2D eigenvalue weighted by Crippen LogP contribution is -2.31. The molecule has 136 valence electrons. The van der Waals surface area contributed by atoms with Crippen LogP contribution in [0.1, 0.15) is 72.1 Å². The van der Waals surface area contributed by atoms with E-state index in [0.717, 1.165) is 38.8 Å². The van der Waals surface area contributed by atoms with Crippen molar-refractivity contribution in [3.8, 4) is 0 Å². The van der Waals surface area contributed by atoms with Gasteiger partial charge in [-0.25, -0.2) is 4.79 Å². The number of hydroxylamine groups is 2. The Balaban J connectivity index is 2.23. The number of allylic oxidation sites excluding steroid dienone is 2. The smallest absolute Gasteiger partial charge is 0.333 e. The molecule has 1 heterocycles. The van der Waals surface area contributed by atoms with Crippen LogP contribution in [-0.4, -0.2) is 40.8 Å². The van der Waals surface area contributed by atoms with Gasteiger partial charge in [0.25, 0.3) is 11.8 Å². The van der Waals surface area contributed by atoms with E-state index < -0.39 is 17.8 Å². The summed E-state index contributed by atoms with van der Waals surface area (Å²) in [7, 11) is 0. The van der Waals surface area contributed by atoms with Crippen molar-refractivity contribution in [1.29, 1.82) is 0 Å². The molecule has 1 rings (SSSR count). The molecule has 24 heavy (non-hydrogen) atoms. The van der Waals surface area contributed by atoms with Gasteiger partial charge in [-0.2, -0.15) is 0 Å². The first kappa shape index (κ1) is 20.2. The van der Waals surface area contributed by atoms with Crippen molar-refractivity contribution >= 4 is 17.8 Å². The molecule has 0 unspecified atom stereocenters. The minimum Gasteiger partial charge on any atom is -0.375 e. The lowest BCUT2D eigenvalue weighted by Gasteiger charge is -2.25. The molecule has 0 N–H and O–H groups in total. The molecule has 2 amide bonds. The number of amides is 2. The Morgan fingerprint density at radius 2 is 1.79 bits per heavy atom. The molecule has 6 heteroatoms. The second-order valence-corrected chi connectivity index (χ2v) is 5.89. The maximum absolute atomic E-state index is 11.7. The second-order valence-electron chi connectivity index (χ2n) is 5.89. The topological polar surface area (TPSA) is 66.9 Å². The van der Waals surface area contributed by atoms with E-state index in [-0.39, 0.29) is 19.3 Å². The molecule has 0 aromatic rings. The summed E-state index contributed by atoms with van der Waals surface area (Å²) < 4.78 is 0. The Kier molecular flexibility index (Phi) is 9.12. The molecule has 6 nitrogen and oxygen atoms in total. The molecule has 0 bridgehead atoms. The Bertz CT molecular complexity index is 458. The van der Waals surface area contributed by atoms with E-state index in [0.29, 0.717) is 11.5 Å². The van der Waals surface area contributed by atoms with Gasteiger partial charge in [0, 0.05) is 38.0 Å². The van der Waals surface area contributed by atoms with Gasteiger partial charge in [0.1, 0.15) is 0 Å². The average Bonchev–Trinajstić information content (AvgIpc) is 2.88. The minimum absolute atomic E-state index is 0.129. The van der Waals surface area contributed by atoms with E-state index in [4.69, 9.17) is 4.84 Å². The lowest BCUT2D eigenvalue weighted by atomic mass is 10.1. The zero-order valence-electron chi connectivity index (χ0n) is 15.2. The minimum atomic E-state index is -0.508. The fourth-order valence-corrected chi connectivity index (χ4v) is 2.79. The van der Waals surface area contributed by atoms with E-state index >= 15 is 0 Å². The number of carbonyl (C=O) groups is 3. The predicted molar refractivity (Wildman–Crippen MR) is 91.6 cm³/mol. The zero-order valence-corrected chi connectivity index (χ0v) is 15.2. The van der Waals surface area contributed by atoms with E-state index in [1.54, 1.807) is 0 Å². The summed E-state index contributed by atoms with van der Waals surface area (Å²) in [6.45, 7) is 8.43. The van der Waals surface area contributed by atoms with E-state index in [1.165, 1.54) is 5.70 Å². The second kappa shape index (κ2) is 10.8. The normalized spacial score (nSPS) is 15.1. The van der Waals surface area contributed by atoms with Crippen molar-refractivity contribution in [1.82, 2.24) is 9.96 Å². The summed E-state index contributed by atoms with van der Waals surface area (Å²) in [5, 5.41) is 0.615. The van der Waals surface area contributed by atoms with Crippen molar-refractivity contribution in [2.45, 2.75) is 72.1 Å². The molecule has 0 spiro atoms. The average molecular weight is 338 g/mol. The number of unbranched alkanes of at least 4 members (excludes halogenated alkanes) is 2. The monoisotopic (exact) mass is 338 g/mol. The summed E-state index contributed by atoms with van der Waals surface area (Å²) in [6.07, 6.45) is 7.45. The van der Waals surface area contributed by atoms with Gasteiger partial charge in [0.2, 0.25) is 0 Å². The first-order valence-corrected chi connectivity index (χ1v) is 9.03. The third-order valence-corrected chi connectivity index (χ3v) is 4.10. The van der Waals surface area contributed by atoms with Crippen LogP contribution in [0, 0.1) is 0 Å². The first-order chi connectivity index (χ1) is 11.5. The third-order valence-electron chi connectivity index (χ3n) is 4.10. The van der Waals surface area contributed by atoms with Gasteiger partial charge in [0.05, 0.1) is 0 Å². The summed E-state index contributed by atoms with van der Waals surface area (Å²) >= 11 is 0. The van der Waals surface area contributed by atoms with Gasteiger partial charge in [-0.3, -0.25) is 9.59 Å². The number of imide groups is 1. The van der Waals surface area contributed by atoms with Crippen LogP contribution in [0.25, 0.3) is 0 Å². The molecule has 0 aromatic carbocycles. The number of rotatable bonds is 11. The maximum atomic E-state index is 11.7. The Labute approximate surface area is 144 Å². The standard InChI is InChI=1S/C18H30N2O4/c1-4-10-15(5-2)19(6-3)14-9-7-8-11-18(23)24-20-16(21)12-13-17(20)22/h10H,4-9,11-14H2,1-3H3/b15-10+. The van der Waals surface area contributed by atoms with Crippen LogP contribution in [-0.2, 0) is 19.2 Å². The highest BCUT2D eigenvalue weighted by Gasteiger charge is 2.32. The van der Waals surface area contributed by atoms with Gasteiger partial charge >= 0.3 is 5.97 Å². The lowest BCUT2D eigenvalue weighted by molar-refractivity contribution is -0.197. The zero-order chi connectivity index (χ0) is 17.9. The first-order valence-electron chi connectivity index (χ1n) is 9.03. The summed E-state index contributed by atoms with van der Waals surface area (Å²) in [5.41, 5.74) is 1.38. The van der Waals surface area contributed by atoms with Crippen LogP contribution in [0.2, 0.25) is 0 Å². The van der Waals surface area contributed by atoms with Crippen LogP contribution < -0.4 is 0 Å². The molecule has 1 aliphatic heterocycles. The molecule has 1 saturated heterocycles. The van der Waals surface area contributed by atoms with Crippen LogP contribution >= 0.6 is 0 Å². The summed E-state index contributed by atoms with van der Waals surface area (Å²) in [4.78, 5) is 41.7. The maximum Gasteiger partial charge on any atom is 0.333 e. The van der Waals surface area contributed by atoms with Gasteiger partial charge in [-0.05, 0) is 32.6 Å². The quantitative estimate of drug-likeness (QED) is 0.427. The van der Waals surface area contributed by atoms with Crippen molar-refractivity contribution < 1.29 is 19.2 Å². The Morgan fingerprint density at radius 3 is 2.33 bits per heavy atom. The van der Waals surface area contributed by atoms with Gasteiger partial charge in [-0.1, -0.05) is 26.3 Å². The molecule has 1 fully saturated rings. The number of nitrogens with zero attached hydrogens (tertiary/aromatic N) is 2. The molecule has 1 aliphatic rings. The van der Waals surface area contributed by atoms with Crippen molar-refractivity contribution in [3.63, 3.8) is 0 Å². The fourth-order valence-electron chi connectivity index (χ4n) is 2.79. The van der Waals surface area contributed by atoms with E-state index in [9.17, 15) is 14.4 Å². The van der Waals surface area contributed by atoms with Crippen LogP contribution in [0.5, 0.6) is 0 Å². The number of carbonyl (C=O) groups excluding carboxylic acids is 3. The highest BCUT2D eigenvalue weighted by Crippen LogP contribution is 2.14. The molecule has 0 aliphatic carbocycles. The highest BCUT2D eigenvalue weighted by atomic mass is 16.7. The number of hydrogen-bond donors (Lipinski definition) is 0. The predicted octanol–water partition coefficient (Wildman–Crippen LogP) is 3.18. The molecule has 0 atom stereocenters. The Hall–Kier alpha value is -1.85. The summed E-state index contributed by atoms with van der Waals surface area (Å²) in [5.74, 6) is -1.37. The number of hydrogen-bond acceptors (Lipinski definition) is 5. The van der Waals surface area contributed by atoms with Crippen LogP contribution in [0.3, 0.4) is 0 Å². The largest absolute Gasteiger partial charge is 0.375 e. The fraction of sp³-hybridized carbons (Fsp3) is 0.722. The van der Waals surface area contributed by atoms with Crippen LogP contribution in [0.4, 0.5) is 0 Å². The van der Waals surface area contributed by atoms with Crippen LogP contribution in [0.15, 0.2) is 11.8 Å². The van der Waals surface area contributed by atoms with Gasteiger partial charge in [0.15, 0.2) is 0 Å². The Morgan fingerprint density at radius 1 is 1.12 bits per heavy atom. The molecule has 0 radical (unpaired) electrons. The molecule has 0 aromatic heterocycles. The third kappa shape index (κ3) is 6.34. The van der Waals surface area contributed by atoms with Gasteiger partial charge < -0.3 is 9.74 Å². The molecular formula is C18H30N2O4.